The highest BCUT2D eigenvalue weighted by atomic mass is 16.5. The quantitative estimate of drug-likeness (QED) is 0.668. The molecule has 7 nitrogen and oxygen atoms in total. The van der Waals surface area contributed by atoms with Gasteiger partial charge in [-0.3, -0.25) is 4.79 Å². The summed E-state index contributed by atoms with van der Waals surface area (Å²) < 4.78 is 10.4. The second kappa shape index (κ2) is 9.10. The summed E-state index contributed by atoms with van der Waals surface area (Å²) in [6, 6.07) is 5.49. The first-order valence-corrected chi connectivity index (χ1v) is 6.85. The molecule has 23 heavy (non-hydrogen) atoms. The SMILES string of the molecule is C=CCCC(NC(=O)COc1ccc(C#N)cc1OC)C(=O)O. The first-order valence-electron chi connectivity index (χ1n) is 6.85. The fraction of sp³-hybridized carbons (Fsp3) is 0.312. The third kappa shape index (κ3) is 5.71. The van der Waals surface area contributed by atoms with Crippen LogP contribution in [0.15, 0.2) is 30.9 Å². The summed E-state index contributed by atoms with van der Waals surface area (Å²) >= 11 is 0. The molecule has 7 heteroatoms. The minimum Gasteiger partial charge on any atom is -0.493 e. The van der Waals surface area contributed by atoms with Crippen molar-refractivity contribution >= 4 is 11.9 Å². The first-order chi connectivity index (χ1) is 11.0. The number of aliphatic carboxylic acids is 1. The van der Waals surface area contributed by atoms with Crippen molar-refractivity contribution in [1.29, 1.82) is 5.26 Å². The van der Waals surface area contributed by atoms with Gasteiger partial charge in [0.1, 0.15) is 6.04 Å². The van der Waals surface area contributed by atoms with Crippen molar-refractivity contribution in [2.45, 2.75) is 18.9 Å². The molecule has 0 aromatic heterocycles. The van der Waals surface area contributed by atoms with Crippen LogP contribution in [0.4, 0.5) is 0 Å². The van der Waals surface area contributed by atoms with Crippen molar-refractivity contribution < 1.29 is 24.2 Å². The molecule has 0 heterocycles. The van der Waals surface area contributed by atoms with Gasteiger partial charge in [-0.25, -0.2) is 4.79 Å². The predicted octanol–water partition coefficient (Wildman–Crippen LogP) is 1.48. The van der Waals surface area contributed by atoms with Crippen LogP contribution in [0.5, 0.6) is 11.5 Å². The van der Waals surface area contributed by atoms with Crippen LogP contribution in [0, 0.1) is 11.3 Å². The van der Waals surface area contributed by atoms with E-state index in [2.05, 4.69) is 11.9 Å². The van der Waals surface area contributed by atoms with Gasteiger partial charge in [0.25, 0.3) is 5.91 Å². The lowest BCUT2D eigenvalue weighted by molar-refractivity contribution is -0.142. The molecular formula is C16H18N2O5. The molecule has 1 aromatic rings. The normalized spacial score (nSPS) is 11.0. The fourth-order valence-corrected chi connectivity index (χ4v) is 1.78. The van der Waals surface area contributed by atoms with E-state index in [1.54, 1.807) is 6.08 Å². The third-order valence-corrected chi connectivity index (χ3v) is 2.94. The number of nitriles is 1. The molecule has 0 saturated carbocycles. The molecule has 1 aromatic carbocycles. The Morgan fingerprint density at radius 2 is 2.22 bits per heavy atom. The van der Waals surface area contributed by atoms with Crippen LogP contribution in [0.25, 0.3) is 0 Å². The summed E-state index contributed by atoms with van der Waals surface area (Å²) in [4.78, 5) is 22.8. The number of carbonyl (C=O) groups is 2. The maximum Gasteiger partial charge on any atom is 0.326 e. The molecule has 0 aliphatic carbocycles. The molecule has 1 atom stereocenters. The van der Waals surface area contributed by atoms with Crippen molar-refractivity contribution in [1.82, 2.24) is 5.32 Å². The van der Waals surface area contributed by atoms with E-state index in [9.17, 15) is 9.59 Å². The van der Waals surface area contributed by atoms with Crippen molar-refractivity contribution in [3.63, 3.8) is 0 Å². The number of carboxylic acids is 1. The molecule has 0 aliphatic heterocycles. The number of nitrogens with one attached hydrogen (secondary N) is 1. The highest BCUT2D eigenvalue weighted by molar-refractivity contribution is 5.84. The monoisotopic (exact) mass is 318 g/mol. The number of benzene rings is 1. The van der Waals surface area contributed by atoms with Gasteiger partial charge in [0.15, 0.2) is 18.1 Å². The van der Waals surface area contributed by atoms with Gasteiger partial charge >= 0.3 is 5.97 Å². The smallest absolute Gasteiger partial charge is 0.326 e. The van der Waals surface area contributed by atoms with Gasteiger partial charge in [-0.2, -0.15) is 5.26 Å². The van der Waals surface area contributed by atoms with Crippen molar-refractivity contribution in [3.05, 3.63) is 36.4 Å². The minimum atomic E-state index is -1.11. The molecule has 0 bridgehead atoms. The van der Waals surface area contributed by atoms with Gasteiger partial charge in [0, 0.05) is 6.07 Å². The number of hydrogen-bond acceptors (Lipinski definition) is 5. The van der Waals surface area contributed by atoms with E-state index >= 15 is 0 Å². The Morgan fingerprint density at radius 1 is 1.48 bits per heavy atom. The number of nitrogens with zero attached hydrogens (tertiary/aromatic N) is 1. The number of carboxylic acid groups (broad SMARTS) is 1. The standard InChI is InChI=1S/C16H18N2O5/c1-3-4-5-12(16(20)21)18-15(19)10-23-13-7-6-11(9-17)8-14(13)22-2/h3,6-8,12H,1,4-5,10H2,2H3,(H,18,19)(H,20,21). The van der Waals surface area contributed by atoms with Gasteiger partial charge in [-0.05, 0) is 25.0 Å². The van der Waals surface area contributed by atoms with Crippen LogP contribution in [0.3, 0.4) is 0 Å². The topological polar surface area (TPSA) is 109 Å². The van der Waals surface area contributed by atoms with E-state index < -0.39 is 17.9 Å². The van der Waals surface area contributed by atoms with Gasteiger partial charge in [-0.1, -0.05) is 6.08 Å². The highest BCUT2D eigenvalue weighted by Crippen LogP contribution is 2.27. The molecule has 122 valence electrons. The van der Waals surface area contributed by atoms with Crippen molar-refractivity contribution in [2.24, 2.45) is 0 Å². The lowest BCUT2D eigenvalue weighted by Gasteiger charge is -2.15. The number of rotatable bonds is 9. The molecule has 1 rings (SSSR count). The average Bonchev–Trinajstić information content (AvgIpc) is 2.56. The Hall–Kier alpha value is -3.01. The zero-order valence-electron chi connectivity index (χ0n) is 12.7. The summed E-state index contributed by atoms with van der Waals surface area (Å²) in [6.45, 7) is 3.15. The molecule has 1 amide bonds. The number of hydrogen-bond donors (Lipinski definition) is 2. The molecule has 2 N–H and O–H groups in total. The van der Waals surface area contributed by atoms with Crippen LogP contribution >= 0.6 is 0 Å². The number of carbonyl (C=O) groups excluding carboxylic acids is 1. The molecule has 0 fully saturated rings. The largest absolute Gasteiger partial charge is 0.493 e. The van der Waals surface area contributed by atoms with Crippen LogP contribution in [-0.2, 0) is 9.59 Å². The Kier molecular flexibility index (Phi) is 7.14. The first kappa shape index (κ1) is 18.0. The van der Waals surface area contributed by atoms with Gasteiger partial charge < -0.3 is 19.9 Å². The molecule has 0 spiro atoms. The molecule has 1 unspecified atom stereocenters. The van der Waals surface area contributed by atoms with E-state index in [4.69, 9.17) is 19.8 Å². The maximum absolute atomic E-state index is 11.8. The molecule has 0 saturated heterocycles. The van der Waals surface area contributed by atoms with E-state index in [1.807, 2.05) is 6.07 Å². The van der Waals surface area contributed by atoms with Crippen LogP contribution < -0.4 is 14.8 Å². The van der Waals surface area contributed by atoms with Crippen molar-refractivity contribution in [2.75, 3.05) is 13.7 Å². The van der Waals surface area contributed by atoms with Gasteiger partial charge in [-0.15, -0.1) is 6.58 Å². The van der Waals surface area contributed by atoms with E-state index in [0.29, 0.717) is 23.5 Å². The predicted molar refractivity (Wildman–Crippen MR) is 82.2 cm³/mol. The Morgan fingerprint density at radius 3 is 2.78 bits per heavy atom. The number of methoxy groups -OCH3 is 1. The fourth-order valence-electron chi connectivity index (χ4n) is 1.78. The second-order valence-electron chi connectivity index (χ2n) is 4.59. The molecule has 0 aliphatic rings. The Balaban J connectivity index is 2.63. The zero-order chi connectivity index (χ0) is 17.2. The van der Waals surface area contributed by atoms with Gasteiger partial charge in [0.2, 0.25) is 0 Å². The molecule has 0 radical (unpaired) electrons. The van der Waals surface area contributed by atoms with Crippen LogP contribution in [-0.4, -0.2) is 36.7 Å². The van der Waals surface area contributed by atoms with E-state index in [1.165, 1.54) is 25.3 Å². The summed E-state index contributed by atoms with van der Waals surface area (Å²) in [5, 5.41) is 20.2. The average molecular weight is 318 g/mol. The molecular weight excluding hydrogens is 300 g/mol. The third-order valence-electron chi connectivity index (χ3n) is 2.94. The maximum atomic E-state index is 11.8. The van der Waals surface area contributed by atoms with E-state index in [0.717, 1.165) is 0 Å². The zero-order valence-corrected chi connectivity index (χ0v) is 12.7. The summed E-state index contributed by atoms with van der Waals surface area (Å²) in [7, 11) is 1.42. The van der Waals surface area contributed by atoms with Gasteiger partial charge in [0.05, 0.1) is 18.7 Å². The Labute approximate surface area is 134 Å². The summed E-state index contributed by atoms with van der Waals surface area (Å²) in [5.74, 6) is -1.07. The summed E-state index contributed by atoms with van der Waals surface area (Å²) in [5.41, 5.74) is 0.397. The van der Waals surface area contributed by atoms with Crippen LogP contribution in [0.2, 0.25) is 0 Å². The summed E-state index contributed by atoms with van der Waals surface area (Å²) in [6.07, 6.45) is 2.31. The highest BCUT2D eigenvalue weighted by Gasteiger charge is 2.19. The minimum absolute atomic E-state index is 0.255. The number of ether oxygens (including phenoxy) is 2. The lowest BCUT2D eigenvalue weighted by Crippen LogP contribution is -2.42. The lowest BCUT2D eigenvalue weighted by atomic mass is 10.1. The van der Waals surface area contributed by atoms with Crippen molar-refractivity contribution in [3.8, 4) is 17.6 Å². The number of allylic oxidation sites excluding steroid dienone is 1. The number of amides is 1. The Bertz CT molecular complexity index is 621. The second-order valence-corrected chi connectivity index (χ2v) is 4.59. The van der Waals surface area contributed by atoms with E-state index in [-0.39, 0.29) is 13.0 Å². The van der Waals surface area contributed by atoms with Crippen LogP contribution in [0.1, 0.15) is 18.4 Å².